The van der Waals surface area contributed by atoms with E-state index < -0.39 is 0 Å². The summed E-state index contributed by atoms with van der Waals surface area (Å²) in [7, 11) is 0. The molecule has 1 atom stereocenters. The molecule has 0 aliphatic carbocycles. The first-order valence-electron chi connectivity index (χ1n) is 6.77. The van der Waals surface area contributed by atoms with E-state index in [9.17, 15) is 9.59 Å². The minimum atomic E-state index is -0.247. The summed E-state index contributed by atoms with van der Waals surface area (Å²) >= 11 is 0. The van der Waals surface area contributed by atoms with E-state index in [4.69, 9.17) is 5.73 Å². The van der Waals surface area contributed by atoms with Crippen LogP contribution in [0.5, 0.6) is 0 Å². The van der Waals surface area contributed by atoms with Crippen molar-refractivity contribution in [3.05, 3.63) is 23.8 Å². The molecule has 0 aliphatic heterocycles. The number of nitrogens with one attached hydrogen (secondary N) is 2. The number of hydrogen-bond acceptors (Lipinski definition) is 3. The Balaban J connectivity index is 2.86. The molecule has 0 aromatic heterocycles. The van der Waals surface area contributed by atoms with Gasteiger partial charge in [-0.3, -0.25) is 9.59 Å². The third kappa shape index (κ3) is 4.35. The fourth-order valence-corrected chi connectivity index (χ4v) is 1.48. The van der Waals surface area contributed by atoms with Crippen LogP contribution >= 0.6 is 0 Å². The third-order valence-corrected chi connectivity index (χ3v) is 3.09. The summed E-state index contributed by atoms with van der Waals surface area (Å²) in [4.78, 5) is 23.5. The van der Waals surface area contributed by atoms with Crippen molar-refractivity contribution in [2.24, 2.45) is 17.6 Å². The molecular formula is C15H23N3O2. The largest absolute Gasteiger partial charge is 0.330 e. The van der Waals surface area contributed by atoms with Crippen LogP contribution in [-0.2, 0) is 9.59 Å². The van der Waals surface area contributed by atoms with Crippen LogP contribution in [0.1, 0.15) is 26.3 Å². The summed E-state index contributed by atoms with van der Waals surface area (Å²) in [5.41, 5.74) is 7.77. The summed E-state index contributed by atoms with van der Waals surface area (Å²) in [6.45, 7) is 7.63. The van der Waals surface area contributed by atoms with Crippen molar-refractivity contribution >= 4 is 23.2 Å². The van der Waals surface area contributed by atoms with E-state index in [0.717, 1.165) is 5.56 Å². The first-order valence-corrected chi connectivity index (χ1v) is 6.77. The molecule has 0 aliphatic rings. The SMILES string of the molecule is Cc1ccc(NC(=O)C(C)C)cc1NC(=O)C(C)CN. The summed E-state index contributed by atoms with van der Waals surface area (Å²) in [5.74, 6) is -0.515. The van der Waals surface area contributed by atoms with Gasteiger partial charge in [0.1, 0.15) is 0 Å². The maximum Gasteiger partial charge on any atom is 0.228 e. The van der Waals surface area contributed by atoms with E-state index in [1.54, 1.807) is 13.0 Å². The number of carbonyl (C=O) groups is 2. The summed E-state index contributed by atoms with van der Waals surface area (Å²) in [5, 5.41) is 5.64. The van der Waals surface area contributed by atoms with Gasteiger partial charge in [-0.1, -0.05) is 26.8 Å². The van der Waals surface area contributed by atoms with E-state index in [0.29, 0.717) is 17.9 Å². The van der Waals surface area contributed by atoms with Crippen LogP contribution in [0.25, 0.3) is 0 Å². The fourth-order valence-electron chi connectivity index (χ4n) is 1.48. The molecule has 4 N–H and O–H groups in total. The molecule has 0 saturated heterocycles. The van der Waals surface area contributed by atoms with E-state index in [1.165, 1.54) is 0 Å². The Morgan fingerprint density at radius 2 is 1.80 bits per heavy atom. The quantitative estimate of drug-likeness (QED) is 0.770. The number of carbonyl (C=O) groups excluding carboxylic acids is 2. The number of amides is 2. The van der Waals surface area contributed by atoms with Crippen LogP contribution < -0.4 is 16.4 Å². The van der Waals surface area contributed by atoms with Crippen molar-refractivity contribution < 1.29 is 9.59 Å². The standard InChI is InChI=1S/C15H23N3O2/c1-9(2)14(19)17-12-6-5-10(3)13(7-12)18-15(20)11(4)8-16/h5-7,9,11H,8,16H2,1-4H3,(H,17,19)(H,18,20). The second-order valence-electron chi connectivity index (χ2n) is 5.30. The average molecular weight is 277 g/mol. The lowest BCUT2D eigenvalue weighted by molar-refractivity contribution is -0.119. The van der Waals surface area contributed by atoms with Crippen LogP contribution in [0.2, 0.25) is 0 Å². The van der Waals surface area contributed by atoms with E-state index >= 15 is 0 Å². The lowest BCUT2D eigenvalue weighted by Crippen LogP contribution is -2.27. The summed E-state index contributed by atoms with van der Waals surface area (Å²) in [6.07, 6.45) is 0. The summed E-state index contributed by atoms with van der Waals surface area (Å²) in [6, 6.07) is 5.44. The van der Waals surface area contributed by atoms with Gasteiger partial charge in [0.25, 0.3) is 0 Å². The first-order chi connectivity index (χ1) is 9.35. The zero-order valence-corrected chi connectivity index (χ0v) is 12.5. The van der Waals surface area contributed by atoms with Gasteiger partial charge in [-0.25, -0.2) is 0 Å². The van der Waals surface area contributed by atoms with Crippen molar-refractivity contribution in [1.29, 1.82) is 0 Å². The van der Waals surface area contributed by atoms with Crippen LogP contribution in [-0.4, -0.2) is 18.4 Å². The van der Waals surface area contributed by atoms with Gasteiger partial charge in [0.2, 0.25) is 11.8 Å². The second kappa shape index (κ2) is 7.05. The number of benzene rings is 1. The zero-order chi connectivity index (χ0) is 15.3. The van der Waals surface area contributed by atoms with Gasteiger partial charge in [0, 0.05) is 29.8 Å². The van der Waals surface area contributed by atoms with Crippen molar-refractivity contribution in [1.82, 2.24) is 0 Å². The van der Waals surface area contributed by atoms with Crippen LogP contribution in [0, 0.1) is 18.8 Å². The molecule has 1 aromatic carbocycles. The highest BCUT2D eigenvalue weighted by atomic mass is 16.2. The molecular weight excluding hydrogens is 254 g/mol. The normalized spacial score (nSPS) is 12.1. The highest BCUT2D eigenvalue weighted by molar-refractivity contribution is 5.96. The molecule has 0 spiro atoms. The maximum absolute atomic E-state index is 11.9. The fraction of sp³-hybridized carbons (Fsp3) is 0.467. The van der Waals surface area contributed by atoms with Crippen LogP contribution in [0.4, 0.5) is 11.4 Å². The first kappa shape index (κ1) is 16.2. The molecule has 20 heavy (non-hydrogen) atoms. The topological polar surface area (TPSA) is 84.2 Å². The smallest absolute Gasteiger partial charge is 0.228 e. The van der Waals surface area contributed by atoms with Gasteiger partial charge >= 0.3 is 0 Å². The molecule has 5 heteroatoms. The lowest BCUT2D eigenvalue weighted by Gasteiger charge is -2.14. The zero-order valence-electron chi connectivity index (χ0n) is 12.5. The van der Waals surface area contributed by atoms with Gasteiger partial charge in [-0.2, -0.15) is 0 Å². The Bertz CT molecular complexity index is 498. The van der Waals surface area contributed by atoms with Crippen molar-refractivity contribution in [3.8, 4) is 0 Å². The predicted molar refractivity (Wildman–Crippen MR) is 81.5 cm³/mol. The van der Waals surface area contributed by atoms with Crippen molar-refractivity contribution in [3.63, 3.8) is 0 Å². The molecule has 0 heterocycles. The van der Waals surface area contributed by atoms with Gasteiger partial charge in [-0.05, 0) is 24.6 Å². The molecule has 1 aromatic rings. The van der Waals surface area contributed by atoms with Gasteiger partial charge in [0.05, 0.1) is 0 Å². The Labute approximate surface area is 119 Å². The van der Waals surface area contributed by atoms with Crippen molar-refractivity contribution in [2.75, 3.05) is 17.2 Å². The Kier molecular flexibility index (Phi) is 5.70. The Morgan fingerprint density at radius 1 is 1.15 bits per heavy atom. The molecule has 0 bridgehead atoms. The minimum absolute atomic E-state index is 0.0542. The molecule has 0 fully saturated rings. The Morgan fingerprint density at radius 3 is 2.35 bits per heavy atom. The van der Waals surface area contributed by atoms with Crippen molar-refractivity contribution in [2.45, 2.75) is 27.7 Å². The monoisotopic (exact) mass is 277 g/mol. The van der Waals surface area contributed by atoms with Crippen LogP contribution in [0.3, 0.4) is 0 Å². The highest BCUT2D eigenvalue weighted by Gasteiger charge is 2.13. The molecule has 5 nitrogen and oxygen atoms in total. The van der Waals surface area contributed by atoms with Gasteiger partial charge in [-0.15, -0.1) is 0 Å². The molecule has 1 rings (SSSR count). The average Bonchev–Trinajstić information content (AvgIpc) is 2.41. The number of anilines is 2. The predicted octanol–water partition coefficient (Wildman–Crippen LogP) is 2.12. The number of rotatable bonds is 5. The number of aryl methyl sites for hydroxylation is 1. The Hall–Kier alpha value is -1.88. The van der Waals surface area contributed by atoms with E-state index in [2.05, 4.69) is 10.6 Å². The number of hydrogen-bond donors (Lipinski definition) is 3. The maximum atomic E-state index is 11.9. The van der Waals surface area contributed by atoms with Gasteiger partial charge < -0.3 is 16.4 Å². The molecule has 2 amide bonds. The van der Waals surface area contributed by atoms with Crippen LogP contribution in [0.15, 0.2) is 18.2 Å². The van der Waals surface area contributed by atoms with E-state index in [1.807, 2.05) is 32.9 Å². The molecule has 1 unspecified atom stereocenters. The minimum Gasteiger partial charge on any atom is -0.330 e. The number of nitrogens with two attached hydrogens (primary N) is 1. The highest BCUT2D eigenvalue weighted by Crippen LogP contribution is 2.21. The molecule has 0 saturated carbocycles. The third-order valence-electron chi connectivity index (χ3n) is 3.09. The molecule has 110 valence electrons. The van der Waals surface area contributed by atoms with E-state index in [-0.39, 0.29) is 23.7 Å². The second-order valence-corrected chi connectivity index (χ2v) is 5.30. The van der Waals surface area contributed by atoms with Gasteiger partial charge in [0.15, 0.2) is 0 Å². The summed E-state index contributed by atoms with van der Waals surface area (Å²) < 4.78 is 0. The lowest BCUT2D eigenvalue weighted by atomic mass is 10.1. The molecule has 0 radical (unpaired) electrons.